The maximum atomic E-state index is 14.2. The summed E-state index contributed by atoms with van der Waals surface area (Å²) in [6.07, 6.45) is 3.36. The number of hydrogen-bond acceptors (Lipinski definition) is 2. The van der Waals surface area contributed by atoms with Crippen molar-refractivity contribution in [1.82, 2.24) is 9.78 Å². The summed E-state index contributed by atoms with van der Waals surface area (Å²) < 4.78 is 71.5. The molecule has 3 aliphatic rings. The molecule has 0 aliphatic heterocycles. The topological polar surface area (TPSA) is 29.9 Å². The first-order chi connectivity index (χ1) is 18.1. The Kier molecular flexibility index (Phi) is 5.96. The summed E-state index contributed by atoms with van der Waals surface area (Å²) in [6, 6.07) is 12.0. The van der Waals surface area contributed by atoms with Gasteiger partial charge in [-0.25, -0.2) is 13.5 Å². The maximum absolute atomic E-state index is 14.2. The summed E-state index contributed by atoms with van der Waals surface area (Å²) in [5.74, 6) is -3.08. The van der Waals surface area contributed by atoms with Gasteiger partial charge >= 0.3 is 6.18 Å². The van der Waals surface area contributed by atoms with Crippen molar-refractivity contribution in [2.45, 2.75) is 38.8 Å². The van der Waals surface area contributed by atoms with E-state index in [1.807, 2.05) is 12.3 Å². The molecular weight excluding hydrogens is 497 g/mol. The van der Waals surface area contributed by atoms with E-state index in [0.717, 1.165) is 22.5 Å². The molecule has 0 amide bonds. The third-order valence-corrected chi connectivity index (χ3v) is 8.69. The molecule has 1 aromatic heterocycles. The largest absolute Gasteiger partial charge is 0.392 e. The molecule has 1 saturated carbocycles. The first-order valence-electron chi connectivity index (χ1n) is 12.9. The Morgan fingerprint density at radius 2 is 1.87 bits per heavy atom. The van der Waals surface area contributed by atoms with Crippen LogP contribution >= 0.6 is 0 Å². The second-order valence-corrected chi connectivity index (χ2v) is 10.9. The SMILES string of the molecule is C[C@]12Cc3cnn(-c4ccc(F)cc4)c3C=C1CC[C@H]1C2=CCC(C(F)(F)F)C1CNc1cccc(F)c1. The molecule has 6 rings (SSSR count). The zero-order chi connectivity index (χ0) is 26.7. The monoisotopic (exact) mass is 525 g/mol. The van der Waals surface area contributed by atoms with Crippen LogP contribution in [0.15, 0.2) is 72.0 Å². The van der Waals surface area contributed by atoms with Crippen molar-refractivity contribution in [1.29, 1.82) is 0 Å². The summed E-state index contributed by atoms with van der Waals surface area (Å²) in [7, 11) is 0. The van der Waals surface area contributed by atoms with Gasteiger partial charge in [-0.2, -0.15) is 18.3 Å². The van der Waals surface area contributed by atoms with Gasteiger partial charge in [-0.1, -0.05) is 30.2 Å². The lowest BCUT2D eigenvalue weighted by Gasteiger charge is -2.51. The van der Waals surface area contributed by atoms with E-state index in [9.17, 15) is 22.0 Å². The van der Waals surface area contributed by atoms with Crippen molar-refractivity contribution >= 4 is 11.8 Å². The number of benzene rings is 2. The predicted molar refractivity (Wildman–Crippen MR) is 137 cm³/mol. The fourth-order valence-electron chi connectivity index (χ4n) is 6.83. The number of nitrogens with zero attached hydrogens (tertiary/aromatic N) is 2. The van der Waals surface area contributed by atoms with Crippen LogP contribution in [0.4, 0.5) is 27.6 Å². The Bertz CT molecular complexity index is 1420. The van der Waals surface area contributed by atoms with E-state index < -0.39 is 23.8 Å². The number of halogens is 5. The second-order valence-electron chi connectivity index (χ2n) is 10.9. The first-order valence-corrected chi connectivity index (χ1v) is 12.9. The third kappa shape index (κ3) is 4.24. The van der Waals surface area contributed by atoms with E-state index in [4.69, 9.17) is 0 Å². The molecule has 1 N–H and O–H groups in total. The quantitative estimate of drug-likeness (QED) is 0.279. The maximum Gasteiger partial charge on any atom is 0.392 e. The molecule has 2 unspecified atom stereocenters. The number of alkyl halides is 3. The number of aromatic nitrogens is 2. The van der Waals surface area contributed by atoms with E-state index in [-0.39, 0.29) is 30.1 Å². The molecule has 3 nitrogen and oxygen atoms in total. The number of allylic oxidation sites excluding steroid dienone is 3. The molecular formula is C30H28F5N3. The summed E-state index contributed by atoms with van der Waals surface area (Å²) >= 11 is 0. The van der Waals surface area contributed by atoms with Gasteiger partial charge in [0.2, 0.25) is 0 Å². The average Bonchev–Trinajstić information content (AvgIpc) is 3.27. The van der Waals surface area contributed by atoms with Crippen molar-refractivity contribution in [3.8, 4) is 5.69 Å². The van der Waals surface area contributed by atoms with Gasteiger partial charge < -0.3 is 5.32 Å². The van der Waals surface area contributed by atoms with Gasteiger partial charge in [0.05, 0.1) is 23.5 Å². The summed E-state index contributed by atoms with van der Waals surface area (Å²) in [6.45, 7) is 2.26. The van der Waals surface area contributed by atoms with Gasteiger partial charge in [0, 0.05) is 17.6 Å². The van der Waals surface area contributed by atoms with Gasteiger partial charge in [-0.05, 0) is 91.6 Å². The van der Waals surface area contributed by atoms with Crippen LogP contribution in [0.1, 0.15) is 37.4 Å². The van der Waals surface area contributed by atoms with Crippen molar-refractivity contribution in [2.24, 2.45) is 23.2 Å². The van der Waals surface area contributed by atoms with Crippen LogP contribution in [0.2, 0.25) is 0 Å². The lowest BCUT2D eigenvalue weighted by Crippen LogP contribution is -2.47. The highest BCUT2D eigenvalue weighted by Gasteiger charge is 2.54. The molecule has 4 atom stereocenters. The van der Waals surface area contributed by atoms with Crippen LogP contribution in [0.5, 0.6) is 0 Å². The van der Waals surface area contributed by atoms with Gasteiger partial charge in [-0.3, -0.25) is 0 Å². The Morgan fingerprint density at radius 3 is 2.61 bits per heavy atom. The van der Waals surface area contributed by atoms with Crippen molar-refractivity contribution in [2.75, 3.05) is 11.9 Å². The highest BCUT2D eigenvalue weighted by molar-refractivity contribution is 5.63. The number of hydrogen-bond donors (Lipinski definition) is 1. The highest BCUT2D eigenvalue weighted by Crippen LogP contribution is 2.58. The predicted octanol–water partition coefficient (Wildman–Crippen LogP) is 7.74. The third-order valence-electron chi connectivity index (χ3n) is 8.69. The number of fused-ring (bicyclic) bond motifs is 4. The Labute approximate surface area is 218 Å². The average molecular weight is 526 g/mol. The fraction of sp³-hybridized carbons (Fsp3) is 0.367. The zero-order valence-corrected chi connectivity index (χ0v) is 20.9. The van der Waals surface area contributed by atoms with Crippen molar-refractivity contribution < 1.29 is 22.0 Å². The molecule has 0 bridgehead atoms. The number of rotatable bonds is 4. The number of nitrogens with one attached hydrogen (secondary N) is 1. The Morgan fingerprint density at radius 1 is 1.08 bits per heavy atom. The van der Waals surface area contributed by atoms with Crippen LogP contribution in [0.3, 0.4) is 0 Å². The minimum absolute atomic E-state index is 0.0601. The molecule has 8 heteroatoms. The molecule has 1 fully saturated rings. The summed E-state index contributed by atoms with van der Waals surface area (Å²) in [5.41, 5.74) is 5.09. The van der Waals surface area contributed by atoms with Crippen molar-refractivity contribution in [3.05, 3.63) is 94.8 Å². The minimum Gasteiger partial charge on any atom is -0.385 e. The van der Waals surface area contributed by atoms with Crippen LogP contribution in [-0.2, 0) is 6.42 Å². The first kappa shape index (κ1) is 24.9. The van der Waals surface area contributed by atoms with E-state index in [2.05, 4.69) is 23.4 Å². The second kappa shape index (κ2) is 9.10. The van der Waals surface area contributed by atoms with Gasteiger partial charge in [-0.15, -0.1) is 0 Å². The fourth-order valence-corrected chi connectivity index (χ4v) is 6.83. The van der Waals surface area contributed by atoms with E-state index in [1.54, 1.807) is 28.9 Å². The van der Waals surface area contributed by atoms with Crippen LogP contribution < -0.4 is 5.32 Å². The smallest absolute Gasteiger partial charge is 0.385 e. The minimum atomic E-state index is -4.32. The lowest BCUT2D eigenvalue weighted by molar-refractivity contribution is -0.193. The summed E-state index contributed by atoms with van der Waals surface area (Å²) in [5, 5.41) is 7.66. The molecule has 198 valence electrons. The van der Waals surface area contributed by atoms with Gasteiger partial charge in [0.25, 0.3) is 0 Å². The van der Waals surface area contributed by atoms with E-state index in [0.29, 0.717) is 24.9 Å². The molecule has 0 spiro atoms. The van der Waals surface area contributed by atoms with Crippen LogP contribution in [0.25, 0.3) is 11.8 Å². The highest BCUT2D eigenvalue weighted by atomic mass is 19.4. The molecule has 0 radical (unpaired) electrons. The molecule has 38 heavy (non-hydrogen) atoms. The summed E-state index contributed by atoms with van der Waals surface area (Å²) in [4.78, 5) is 0. The lowest BCUT2D eigenvalue weighted by atomic mass is 9.54. The van der Waals surface area contributed by atoms with Gasteiger partial charge in [0.15, 0.2) is 0 Å². The van der Waals surface area contributed by atoms with Crippen LogP contribution in [0, 0.1) is 34.8 Å². The molecule has 2 aromatic carbocycles. The Hall–Kier alpha value is -3.42. The standard InChI is InChI=1S/C30H28F5N3/c1-29-15-18-16-37-38(23-8-6-20(31)7-9-23)28(18)13-19(29)5-10-24-25(17-36-22-4-2-3-21(32)14-22)27(30(33,34)35)12-11-26(24)29/h2-4,6-9,11,13-14,16,24-25,27,36H,5,10,12,15,17H2,1H3/t24-,25?,27?,29+/m1/s1. The zero-order valence-electron chi connectivity index (χ0n) is 20.9. The Balaban J connectivity index is 1.32. The number of anilines is 1. The molecule has 0 saturated heterocycles. The molecule has 3 aliphatic carbocycles. The molecule has 1 heterocycles. The van der Waals surface area contributed by atoms with Crippen molar-refractivity contribution in [3.63, 3.8) is 0 Å². The van der Waals surface area contributed by atoms with Gasteiger partial charge in [0.1, 0.15) is 11.6 Å². The van der Waals surface area contributed by atoms with Crippen LogP contribution in [-0.4, -0.2) is 22.5 Å². The molecule has 3 aromatic rings. The van der Waals surface area contributed by atoms with E-state index >= 15 is 0 Å². The van der Waals surface area contributed by atoms with E-state index in [1.165, 1.54) is 29.8 Å². The normalized spacial score (nSPS) is 26.5.